The molecule has 2 nitrogen and oxygen atoms in total. The summed E-state index contributed by atoms with van der Waals surface area (Å²) in [6.45, 7) is 0. The average molecular weight is 839 g/mol. The van der Waals surface area contributed by atoms with Gasteiger partial charge in [0.2, 0.25) is 0 Å². The first-order valence-electron chi connectivity index (χ1n) is 22.8. The molecular formula is C64H42N2. The van der Waals surface area contributed by atoms with Gasteiger partial charge < -0.3 is 9.47 Å². The molecule has 0 radical (unpaired) electrons. The Morgan fingerprint density at radius 3 is 1.70 bits per heavy atom. The standard InChI is InChI=1S/C64H42N2/c1-4-23-50-43(17-1)20-16-31-55(50)57-29-10-13-33-61(57)65(49-22-15-21-46(41-49)59-42-47-19-3-5-24-51(47)54-27-7-8-28-56(54)59)48-38-35-45(36-39-48)52-25-9-12-32-60(52)66-62-34-14-11-30-58(62)64-53-26-6-2-18-44(53)37-40-63(64)66/h1-42H. The highest BCUT2D eigenvalue weighted by Crippen LogP contribution is 2.46. The first-order chi connectivity index (χ1) is 32.8. The van der Waals surface area contributed by atoms with Crippen LogP contribution in [-0.2, 0) is 0 Å². The van der Waals surface area contributed by atoms with Gasteiger partial charge in [0.1, 0.15) is 0 Å². The third-order valence-electron chi connectivity index (χ3n) is 13.6. The van der Waals surface area contributed by atoms with E-state index in [-0.39, 0.29) is 0 Å². The molecule has 0 atom stereocenters. The maximum Gasteiger partial charge on any atom is 0.0547 e. The molecule has 1 aromatic heterocycles. The topological polar surface area (TPSA) is 8.17 Å². The van der Waals surface area contributed by atoms with Crippen molar-refractivity contribution in [3.05, 3.63) is 255 Å². The Morgan fingerprint density at radius 1 is 0.273 bits per heavy atom. The molecule has 66 heavy (non-hydrogen) atoms. The minimum atomic E-state index is 1.08. The van der Waals surface area contributed by atoms with Crippen LogP contribution in [0.3, 0.4) is 0 Å². The third-order valence-corrected chi connectivity index (χ3v) is 13.6. The molecule has 0 spiro atoms. The predicted molar refractivity (Wildman–Crippen MR) is 282 cm³/mol. The van der Waals surface area contributed by atoms with E-state index < -0.39 is 0 Å². The summed E-state index contributed by atoms with van der Waals surface area (Å²) in [5.41, 5.74) is 13.9. The molecule has 0 aliphatic heterocycles. The molecular weight excluding hydrogens is 797 g/mol. The normalized spacial score (nSPS) is 11.6. The van der Waals surface area contributed by atoms with Gasteiger partial charge in [-0.25, -0.2) is 0 Å². The van der Waals surface area contributed by atoms with Crippen LogP contribution in [-0.4, -0.2) is 4.57 Å². The zero-order valence-corrected chi connectivity index (χ0v) is 36.1. The number of rotatable bonds is 7. The fourth-order valence-electron chi connectivity index (χ4n) is 10.6. The first-order valence-corrected chi connectivity index (χ1v) is 22.8. The summed E-state index contributed by atoms with van der Waals surface area (Å²) in [6, 6.07) is 93.3. The van der Waals surface area contributed by atoms with Gasteiger partial charge in [-0.2, -0.15) is 0 Å². The molecule has 0 aliphatic rings. The molecule has 0 aliphatic carbocycles. The highest BCUT2D eigenvalue weighted by molar-refractivity contribution is 6.21. The van der Waals surface area contributed by atoms with Crippen LogP contribution in [0, 0.1) is 0 Å². The maximum absolute atomic E-state index is 2.45. The van der Waals surface area contributed by atoms with E-state index >= 15 is 0 Å². The van der Waals surface area contributed by atoms with Crippen molar-refractivity contribution in [2.75, 3.05) is 4.90 Å². The van der Waals surface area contributed by atoms with Crippen molar-refractivity contribution < 1.29 is 0 Å². The first kappa shape index (κ1) is 37.8. The lowest BCUT2D eigenvalue weighted by Gasteiger charge is -2.29. The van der Waals surface area contributed by atoms with E-state index in [1.54, 1.807) is 0 Å². The van der Waals surface area contributed by atoms with Gasteiger partial charge in [0.15, 0.2) is 0 Å². The van der Waals surface area contributed by atoms with Crippen molar-refractivity contribution in [3.8, 4) is 39.1 Å². The number of benzene rings is 12. The molecule has 0 bridgehead atoms. The molecule has 0 N–H and O–H groups in total. The average Bonchev–Trinajstić information content (AvgIpc) is 3.73. The fraction of sp³-hybridized carbons (Fsp3) is 0. The smallest absolute Gasteiger partial charge is 0.0547 e. The molecule has 0 fully saturated rings. The SMILES string of the molecule is c1cc(-c2cc3ccccc3c3ccccc23)cc(N(c2ccc(-c3ccccc3-n3c4ccccc4c4c5ccccc5ccc43)cc2)c2ccccc2-c2cccc3ccccc23)c1. The highest BCUT2D eigenvalue weighted by Gasteiger charge is 2.21. The van der Waals surface area contributed by atoms with Gasteiger partial charge in [0, 0.05) is 33.3 Å². The van der Waals surface area contributed by atoms with Crippen molar-refractivity contribution in [3.63, 3.8) is 0 Å². The van der Waals surface area contributed by atoms with Gasteiger partial charge in [0.25, 0.3) is 0 Å². The number of aromatic nitrogens is 1. The summed E-state index contributed by atoms with van der Waals surface area (Å²) in [4.78, 5) is 2.44. The third kappa shape index (κ3) is 6.11. The number of anilines is 3. The van der Waals surface area contributed by atoms with Crippen molar-refractivity contribution in [1.29, 1.82) is 0 Å². The van der Waals surface area contributed by atoms with Crippen molar-refractivity contribution >= 4 is 82.0 Å². The van der Waals surface area contributed by atoms with E-state index in [1.807, 2.05) is 0 Å². The molecule has 13 rings (SSSR count). The molecule has 13 aromatic rings. The minimum Gasteiger partial charge on any atom is -0.310 e. The van der Waals surface area contributed by atoms with Gasteiger partial charge in [0.05, 0.1) is 22.4 Å². The molecule has 308 valence electrons. The van der Waals surface area contributed by atoms with Gasteiger partial charge in [-0.15, -0.1) is 0 Å². The fourth-order valence-corrected chi connectivity index (χ4v) is 10.6. The monoisotopic (exact) mass is 838 g/mol. The Morgan fingerprint density at radius 2 is 0.864 bits per heavy atom. The quantitative estimate of drug-likeness (QED) is 0.145. The Hall–Kier alpha value is -8.72. The second-order valence-corrected chi connectivity index (χ2v) is 17.2. The van der Waals surface area contributed by atoms with E-state index in [0.29, 0.717) is 0 Å². The lowest BCUT2D eigenvalue weighted by atomic mass is 9.93. The largest absolute Gasteiger partial charge is 0.310 e. The molecule has 0 amide bonds. The van der Waals surface area contributed by atoms with E-state index in [9.17, 15) is 0 Å². The van der Waals surface area contributed by atoms with E-state index in [1.165, 1.54) is 92.7 Å². The Bertz CT molecular complexity index is 4000. The second kappa shape index (κ2) is 15.5. The van der Waals surface area contributed by atoms with Crippen molar-refractivity contribution in [2.45, 2.75) is 0 Å². The van der Waals surface area contributed by atoms with Crippen molar-refractivity contribution in [1.82, 2.24) is 4.57 Å². The number of hydrogen-bond donors (Lipinski definition) is 0. The number of nitrogens with zero attached hydrogens (tertiary/aromatic N) is 2. The maximum atomic E-state index is 2.45. The Labute approximate surface area is 383 Å². The van der Waals surface area contributed by atoms with E-state index in [0.717, 1.165) is 28.3 Å². The van der Waals surface area contributed by atoms with Gasteiger partial charge in [-0.1, -0.05) is 200 Å². The summed E-state index contributed by atoms with van der Waals surface area (Å²) in [5.74, 6) is 0. The number of fused-ring (bicyclic) bond motifs is 9. The summed E-state index contributed by atoms with van der Waals surface area (Å²) < 4.78 is 2.45. The lowest BCUT2D eigenvalue weighted by molar-refractivity contribution is 1.18. The summed E-state index contributed by atoms with van der Waals surface area (Å²) >= 11 is 0. The zero-order chi connectivity index (χ0) is 43.6. The zero-order valence-electron chi connectivity index (χ0n) is 36.1. The lowest BCUT2D eigenvalue weighted by Crippen LogP contribution is -2.11. The van der Waals surface area contributed by atoms with Crippen LogP contribution in [0.5, 0.6) is 0 Å². The van der Waals surface area contributed by atoms with Crippen LogP contribution in [0.15, 0.2) is 255 Å². The second-order valence-electron chi connectivity index (χ2n) is 17.2. The highest BCUT2D eigenvalue weighted by atomic mass is 15.1. The van der Waals surface area contributed by atoms with Crippen LogP contribution in [0.4, 0.5) is 17.1 Å². The van der Waals surface area contributed by atoms with Gasteiger partial charge >= 0.3 is 0 Å². The minimum absolute atomic E-state index is 1.08. The van der Waals surface area contributed by atoms with E-state index in [4.69, 9.17) is 0 Å². The molecule has 0 unspecified atom stereocenters. The van der Waals surface area contributed by atoms with Crippen molar-refractivity contribution in [2.24, 2.45) is 0 Å². The number of para-hydroxylation sites is 3. The Balaban J connectivity index is 0.995. The van der Waals surface area contributed by atoms with Crippen LogP contribution in [0.1, 0.15) is 0 Å². The van der Waals surface area contributed by atoms with E-state index in [2.05, 4.69) is 264 Å². The Kier molecular flexibility index (Phi) is 8.89. The van der Waals surface area contributed by atoms with Crippen LogP contribution < -0.4 is 4.90 Å². The molecule has 0 saturated heterocycles. The van der Waals surface area contributed by atoms with Crippen LogP contribution in [0.25, 0.3) is 104 Å². The summed E-state index contributed by atoms with van der Waals surface area (Å²) in [5, 5.41) is 12.5. The molecule has 2 heteroatoms. The molecule has 0 saturated carbocycles. The summed E-state index contributed by atoms with van der Waals surface area (Å²) in [7, 11) is 0. The summed E-state index contributed by atoms with van der Waals surface area (Å²) in [6.07, 6.45) is 0. The predicted octanol–water partition coefficient (Wildman–Crippen LogP) is 17.9. The molecule has 12 aromatic carbocycles. The number of hydrogen-bond acceptors (Lipinski definition) is 1. The van der Waals surface area contributed by atoms with Crippen LogP contribution in [0.2, 0.25) is 0 Å². The molecule has 1 heterocycles. The van der Waals surface area contributed by atoms with Gasteiger partial charge in [-0.05, 0) is 120 Å². The van der Waals surface area contributed by atoms with Crippen LogP contribution >= 0.6 is 0 Å². The van der Waals surface area contributed by atoms with Gasteiger partial charge in [-0.3, -0.25) is 0 Å².